The second kappa shape index (κ2) is 9.11. The largest absolute Gasteiger partial charge is 0.323 e. The smallest absolute Gasteiger partial charge is 0.321 e. The number of nitrogens with zero attached hydrogens (tertiary/aromatic N) is 3. The number of benzene rings is 2. The molecule has 1 atom stereocenters. The van der Waals surface area contributed by atoms with Gasteiger partial charge in [-0.05, 0) is 60.5 Å². The Morgan fingerprint density at radius 3 is 2.75 bits per heavy atom. The zero-order valence-electron chi connectivity index (χ0n) is 17.4. The first-order valence-corrected chi connectivity index (χ1v) is 11.9. The summed E-state index contributed by atoms with van der Waals surface area (Å²) >= 11 is 2.59. The Bertz CT molecular complexity index is 1130. The van der Waals surface area contributed by atoms with Gasteiger partial charge in [0.25, 0.3) is 6.43 Å². The van der Waals surface area contributed by atoms with Crippen LogP contribution in [-0.4, -0.2) is 39.6 Å². The highest BCUT2D eigenvalue weighted by Gasteiger charge is 2.45. The second-order valence-electron chi connectivity index (χ2n) is 7.65. The first-order chi connectivity index (χ1) is 15.3. The molecule has 1 saturated heterocycles. The number of nitrogens with one attached hydrogen (secondary N) is 1. The van der Waals surface area contributed by atoms with Crippen molar-refractivity contribution in [2.75, 3.05) is 24.7 Å². The number of rotatable bonds is 5. The normalized spacial score (nSPS) is 18.4. The topological polar surface area (TPSA) is 58.1 Å². The molecule has 2 heterocycles. The minimum Gasteiger partial charge on any atom is -0.323 e. The van der Waals surface area contributed by atoms with Gasteiger partial charge in [0, 0.05) is 23.5 Å². The number of alkyl halides is 2. The van der Waals surface area contributed by atoms with Gasteiger partial charge in [0.1, 0.15) is 17.2 Å². The number of hydrogen-bond donors (Lipinski definition) is 1. The van der Waals surface area contributed by atoms with Crippen molar-refractivity contribution in [1.29, 1.82) is 0 Å². The molecule has 1 unspecified atom stereocenters. The molecule has 4 rings (SSSR count). The lowest BCUT2D eigenvalue weighted by Gasteiger charge is -2.28. The van der Waals surface area contributed by atoms with E-state index in [1.54, 1.807) is 24.0 Å². The lowest BCUT2D eigenvalue weighted by Crippen LogP contribution is -2.37. The fourth-order valence-electron chi connectivity index (χ4n) is 3.94. The monoisotopic (exact) mass is 478 g/mol. The molecule has 168 valence electrons. The molecule has 0 aliphatic carbocycles. The van der Waals surface area contributed by atoms with Crippen LogP contribution in [0.1, 0.15) is 34.5 Å². The quantitative estimate of drug-likeness (QED) is 0.466. The van der Waals surface area contributed by atoms with Crippen molar-refractivity contribution >= 4 is 35.0 Å². The number of thioether (sulfide) groups is 1. The van der Waals surface area contributed by atoms with Gasteiger partial charge in [-0.2, -0.15) is 4.37 Å². The third kappa shape index (κ3) is 4.21. The van der Waals surface area contributed by atoms with E-state index in [0.29, 0.717) is 34.1 Å². The van der Waals surface area contributed by atoms with Crippen LogP contribution in [-0.2, 0) is 5.41 Å². The molecule has 1 N–H and O–H groups in total. The lowest BCUT2D eigenvalue weighted by molar-refractivity contribution is 0.151. The van der Waals surface area contributed by atoms with Crippen LogP contribution in [0.15, 0.2) is 47.6 Å². The van der Waals surface area contributed by atoms with E-state index < -0.39 is 17.9 Å². The summed E-state index contributed by atoms with van der Waals surface area (Å²) in [6.07, 6.45) is 1.19. The minimum absolute atomic E-state index is 0.155. The van der Waals surface area contributed by atoms with Crippen molar-refractivity contribution in [3.8, 4) is 0 Å². The Morgan fingerprint density at radius 2 is 2.09 bits per heavy atom. The molecule has 0 spiro atoms. The number of aromatic nitrogens is 2. The summed E-state index contributed by atoms with van der Waals surface area (Å²) in [5.74, 6) is -0.317. The fraction of sp³-hybridized carbons (Fsp3) is 0.318. The highest BCUT2D eigenvalue weighted by molar-refractivity contribution is 7.98. The first kappa shape index (κ1) is 22.6. The van der Waals surface area contributed by atoms with Crippen molar-refractivity contribution < 1.29 is 18.0 Å². The molecule has 3 aromatic rings. The molecule has 5 nitrogen and oxygen atoms in total. The molecule has 32 heavy (non-hydrogen) atoms. The van der Waals surface area contributed by atoms with Gasteiger partial charge in [-0.1, -0.05) is 18.2 Å². The molecule has 1 fully saturated rings. The summed E-state index contributed by atoms with van der Waals surface area (Å²) in [6, 6.07) is 8.91. The molecule has 1 aromatic heterocycles. The lowest BCUT2D eigenvalue weighted by atomic mass is 9.80. The predicted octanol–water partition coefficient (Wildman–Crippen LogP) is 5.87. The van der Waals surface area contributed by atoms with Crippen LogP contribution >= 0.6 is 23.3 Å². The van der Waals surface area contributed by atoms with E-state index in [0.717, 1.165) is 5.56 Å². The maximum absolute atomic E-state index is 14.4. The Hall–Kier alpha value is -2.59. The van der Waals surface area contributed by atoms with Crippen LogP contribution in [0, 0.1) is 12.7 Å². The van der Waals surface area contributed by atoms with Gasteiger partial charge in [0.15, 0.2) is 0 Å². The molecule has 0 saturated carbocycles. The van der Waals surface area contributed by atoms with Gasteiger partial charge in [-0.25, -0.2) is 22.9 Å². The molecule has 2 amide bonds. The number of hydrogen-bond acceptors (Lipinski definition) is 5. The van der Waals surface area contributed by atoms with Crippen LogP contribution in [0.2, 0.25) is 0 Å². The molecule has 2 aromatic carbocycles. The van der Waals surface area contributed by atoms with Gasteiger partial charge in [-0.3, -0.25) is 0 Å². The average Bonchev–Trinajstić information content (AvgIpc) is 3.46. The van der Waals surface area contributed by atoms with Gasteiger partial charge < -0.3 is 10.2 Å². The van der Waals surface area contributed by atoms with Crippen molar-refractivity contribution in [2.45, 2.75) is 30.1 Å². The summed E-state index contributed by atoms with van der Waals surface area (Å²) in [5.41, 5.74) is 0.780. The summed E-state index contributed by atoms with van der Waals surface area (Å²) in [7, 11) is 0. The average molecular weight is 479 g/mol. The number of carbonyl (C=O) groups excluding carboxylic acids is 1. The molecule has 1 aliphatic heterocycles. The molecule has 0 radical (unpaired) electrons. The van der Waals surface area contributed by atoms with Crippen LogP contribution in [0.3, 0.4) is 0 Å². The van der Waals surface area contributed by atoms with E-state index in [2.05, 4.69) is 14.7 Å². The van der Waals surface area contributed by atoms with E-state index in [1.165, 1.54) is 47.8 Å². The Kier molecular flexibility index (Phi) is 6.43. The third-order valence-electron chi connectivity index (χ3n) is 5.77. The molecular weight excluding hydrogens is 457 g/mol. The van der Waals surface area contributed by atoms with Crippen molar-refractivity contribution in [3.05, 3.63) is 70.2 Å². The van der Waals surface area contributed by atoms with E-state index in [1.807, 2.05) is 12.3 Å². The Morgan fingerprint density at radius 1 is 1.28 bits per heavy atom. The SMILES string of the molecule is CSc1ccc(C(F)F)cc1NC(=O)N1CCC(c2ccc(C)c(F)c2)(c2ncns2)C1. The number of carbonyl (C=O) groups is 1. The second-order valence-corrected chi connectivity index (χ2v) is 9.28. The van der Waals surface area contributed by atoms with Gasteiger partial charge in [-0.15, -0.1) is 11.8 Å². The van der Waals surface area contributed by atoms with Gasteiger partial charge >= 0.3 is 6.03 Å². The fourth-order valence-corrected chi connectivity index (χ4v) is 5.23. The van der Waals surface area contributed by atoms with Crippen LogP contribution in [0.4, 0.5) is 23.7 Å². The number of halogens is 3. The van der Waals surface area contributed by atoms with Crippen LogP contribution in [0.25, 0.3) is 0 Å². The van der Waals surface area contributed by atoms with Crippen molar-refractivity contribution in [2.24, 2.45) is 0 Å². The highest BCUT2D eigenvalue weighted by atomic mass is 32.2. The van der Waals surface area contributed by atoms with Crippen LogP contribution < -0.4 is 5.32 Å². The zero-order valence-corrected chi connectivity index (χ0v) is 19.1. The molecule has 1 aliphatic rings. The Labute approximate surface area is 192 Å². The van der Waals surface area contributed by atoms with E-state index >= 15 is 0 Å². The van der Waals surface area contributed by atoms with E-state index in [-0.39, 0.29) is 17.9 Å². The molecule has 10 heteroatoms. The molecule has 0 bridgehead atoms. The molecular formula is C22H21F3N4OS2. The maximum atomic E-state index is 14.4. The number of anilines is 1. The number of urea groups is 1. The number of aryl methyl sites for hydroxylation is 1. The van der Waals surface area contributed by atoms with Gasteiger partial charge in [0.05, 0.1) is 11.1 Å². The first-order valence-electron chi connectivity index (χ1n) is 9.90. The maximum Gasteiger partial charge on any atom is 0.321 e. The van der Waals surface area contributed by atoms with E-state index in [9.17, 15) is 18.0 Å². The number of likely N-dealkylation sites (tertiary alicyclic amines) is 1. The Balaban J connectivity index is 1.62. The van der Waals surface area contributed by atoms with Crippen molar-refractivity contribution in [3.63, 3.8) is 0 Å². The summed E-state index contributed by atoms with van der Waals surface area (Å²) in [6.45, 7) is 2.38. The van der Waals surface area contributed by atoms with Gasteiger partial charge in [0.2, 0.25) is 0 Å². The summed E-state index contributed by atoms with van der Waals surface area (Å²) < 4.78 is 44.8. The highest BCUT2D eigenvalue weighted by Crippen LogP contribution is 2.42. The third-order valence-corrected chi connectivity index (χ3v) is 7.43. The van der Waals surface area contributed by atoms with E-state index in [4.69, 9.17) is 0 Å². The van der Waals surface area contributed by atoms with Crippen LogP contribution in [0.5, 0.6) is 0 Å². The minimum atomic E-state index is -2.63. The standard InChI is InChI=1S/C22H21F3N4OS2/c1-13-3-5-15(10-16(13)23)22(20-26-12-27-32-20)7-8-29(11-22)21(30)28-17-9-14(19(24)25)4-6-18(17)31-2/h3-6,9-10,12,19H,7-8,11H2,1-2H3,(H,28,30). The van der Waals surface area contributed by atoms with Crippen molar-refractivity contribution in [1.82, 2.24) is 14.3 Å². The zero-order chi connectivity index (χ0) is 22.9. The number of amides is 2. The predicted molar refractivity (Wildman–Crippen MR) is 120 cm³/mol. The summed E-state index contributed by atoms with van der Waals surface area (Å²) in [5, 5.41) is 3.49. The summed E-state index contributed by atoms with van der Waals surface area (Å²) in [4.78, 5) is 19.8.